The van der Waals surface area contributed by atoms with Crippen LogP contribution < -0.4 is 5.32 Å². The van der Waals surface area contributed by atoms with Crippen molar-refractivity contribution < 1.29 is 14.0 Å². The summed E-state index contributed by atoms with van der Waals surface area (Å²) in [6.45, 7) is 2.31. The molecule has 0 spiro atoms. The fraction of sp³-hybridized carbons (Fsp3) is 0.211. The molecule has 0 aliphatic carbocycles. The number of halogens is 1. The quantitative estimate of drug-likeness (QED) is 0.889. The Balaban J connectivity index is 1.80. The monoisotopic (exact) mass is 371 g/mol. The minimum atomic E-state index is -0.565. The number of benzene rings is 2. The van der Waals surface area contributed by atoms with Crippen molar-refractivity contribution in [1.29, 1.82) is 0 Å². The van der Waals surface area contributed by atoms with E-state index in [9.17, 15) is 14.0 Å². The molecule has 2 amide bonds. The van der Waals surface area contributed by atoms with Crippen LogP contribution in [0.1, 0.15) is 13.3 Å². The first-order chi connectivity index (χ1) is 12.6. The fourth-order valence-corrected chi connectivity index (χ4v) is 3.69. The molecular weight excluding hydrogens is 353 g/mol. The Kier molecular flexibility index (Phi) is 5.68. The molecule has 134 valence electrons. The molecule has 1 fully saturated rings. The summed E-state index contributed by atoms with van der Waals surface area (Å²) in [6, 6.07) is 14.8. The van der Waals surface area contributed by atoms with E-state index in [4.69, 9.17) is 0 Å². The SMILES string of the molecule is CCN1C(=O)C[C@H](C(=O)Nc2ccccc2)SC1=Nc1ccc(F)cc1. The number of anilines is 1. The number of carbonyl (C=O) groups is 2. The molecule has 0 aromatic heterocycles. The minimum Gasteiger partial charge on any atom is -0.325 e. The maximum atomic E-state index is 13.1. The van der Waals surface area contributed by atoms with Crippen LogP contribution in [0.2, 0.25) is 0 Å². The molecule has 5 nitrogen and oxygen atoms in total. The average Bonchev–Trinajstić information content (AvgIpc) is 2.64. The van der Waals surface area contributed by atoms with Gasteiger partial charge in [0, 0.05) is 18.7 Å². The molecule has 1 aliphatic rings. The smallest absolute Gasteiger partial charge is 0.238 e. The molecule has 3 rings (SSSR count). The molecule has 0 radical (unpaired) electrons. The summed E-state index contributed by atoms with van der Waals surface area (Å²) in [7, 11) is 0. The minimum absolute atomic E-state index is 0.111. The van der Waals surface area contributed by atoms with Crippen LogP contribution >= 0.6 is 11.8 Å². The van der Waals surface area contributed by atoms with Gasteiger partial charge in [-0.15, -0.1) is 0 Å². The molecule has 1 N–H and O–H groups in total. The first-order valence-corrected chi connectivity index (χ1v) is 9.12. The lowest BCUT2D eigenvalue weighted by Gasteiger charge is -2.30. The number of hydrogen-bond donors (Lipinski definition) is 1. The zero-order valence-electron chi connectivity index (χ0n) is 14.2. The molecule has 26 heavy (non-hydrogen) atoms. The number of rotatable bonds is 4. The third-order valence-electron chi connectivity index (χ3n) is 3.84. The molecule has 1 aliphatic heterocycles. The number of aliphatic imine (C=N–C) groups is 1. The van der Waals surface area contributed by atoms with Gasteiger partial charge < -0.3 is 5.32 Å². The second-order valence-electron chi connectivity index (χ2n) is 5.67. The predicted molar refractivity (Wildman–Crippen MR) is 102 cm³/mol. The van der Waals surface area contributed by atoms with Gasteiger partial charge in [-0.05, 0) is 43.3 Å². The van der Waals surface area contributed by atoms with Crippen molar-refractivity contribution in [3.05, 3.63) is 60.4 Å². The molecule has 1 heterocycles. The maximum absolute atomic E-state index is 13.1. The first kappa shape index (κ1) is 18.1. The van der Waals surface area contributed by atoms with Gasteiger partial charge in [0.1, 0.15) is 11.1 Å². The number of carbonyl (C=O) groups excluding carboxylic acids is 2. The van der Waals surface area contributed by atoms with Crippen molar-refractivity contribution >= 4 is 40.1 Å². The van der Waals surface area contributed by atoms with Crippen LogP contribution in [-0.2, 0) is 9.59 Å². The number of amidine groups is 1. The van der Waals surface area contributed by atoms with Gasteiger partial charge >= 0.3 is 0 Å². The van der Waals surface area contributed by atoms with E-state index < -0.39 is 5.25 Å². The molecule has 1 atom stereocenters. The lowest BCUT2D eigenvalue weighted by molar-refractivity contribution is -0.129. The van der Waals surface area contributed by atoms with Gasteiger partial charge in [-0.25, -0.2) is 9.38 Å². The van der Waals surface area contributed by atoms with E-state index >= 15 is 0 Å². The third kappa shape index (κ3) is 4.29. The van der Waals surface area contributed by atoms with Crippen LogP contribution in [0.3, 0.4) is 0 Å². The Hall–Kier alpha value is -2.67. The number of para-hydroxylation sites is 1. The number of amides is 2. The normalized spacial score (nSPS) is 18.8. The lowest BCUT2D eigenvalue weighted by Crippen LogP contribution is -2.45. The van der Waals surface area contributed by atoms with Crippen LogP contribution in [0.15, 0.2) is 59.6 Å². The van der Waals surface area contributed by atoms with E-state index in [0.29, 0.717) is 23.1 Å². The zero-order chi connectivity index (χ0) is 18.5. The summed E-state index contributed by atoms with van der Waals surface area (Å²) >= 11 is 1.24. The number of nitrogens with one attached hydrogen (secondary N) is 1. The second kappa shape index (κ2) is 8.14. The summed E-state index contributed by atoms with van der Waals surface area (Å²) in [6.07, 6.45) is 0.111. The Morgan fingerprint density at radius 3 is 2.58 bits per heavy atom. The molecule has 1 saturated heterocycles. The van der Waals surface area contributed by atoms with Crippen molar-refractivity contribution in [2.75, 3.05) is 11.9 Å². The number of thioether (sulfide) groups is 1. The maximum Gasteiger partial charge on any atom is 0.238 e. The van der Waals surface area contributed by atoms with Crippen molar-refractivity contribution in [2.24, 2.45) is 4.99 Å². The van der Waals surface area contributed by atoms with Crippen LogP contribution in [0, 0.1) is 5.82 Å². The first-order valence-electron chi connectivity index (χ1n) is 8.24. The highest BCUT2D eigenvalue weighted by Crippen LogP contribution is 2.29. The summed E-state index contributed by atoms with van der Waals surface area (Å²) < 4.78 is 13.1. The second-order valence-corrected chi connectivity index (χ2v) is 6.84. The molecule has 2 aromatic rings. The topological polar surface area (TPSA) is 61.8 Å². The number of hydrogen-bond acceptors (Lipinski definition) is 4. The summed E-state index contributed by atoms with van der Waals surface area (Å²) in [5, 5.41) is 2.70. The molecule has 0 saturated carbocycles. The third-order valence-corrected chi connectivity index (χ3v) is 5.03. The van der Waals surface area contributed by atoms with E-state index in [1.165, 1.54) is 36.0 Å². The summed E-state index contributed by atoms with van der Waals surface area (Å²) in [5.74, 6) is -0.744. The van der Waals surface area contributed by atoms with Gasteiger partial charge in [0.15, 0.2) is 5.17 Å². The Labute approximate surface area is 155 Å². The molecular formula is C19H18FN3O2S. The van der Waals surface area contributed by atoms with Gasteiger partial charge in [-0.2, -0.15) is 0 Å². The largest absolute Gasteiger partial charge is 0.325 e. The van der Waals surface area contributed by atoms with Gasteiger partial charge in [0.25, 0.3) is 0 Å². The standard InChI is InChI=1S/C19H18FN3O2S/c1-2-23-17(24)12-16(18(25)21-14-6-4-3-5-7-14)26-19(23)22-15-10-8-13(20)9-11-15/h3-11,16H,2,12H2,1H3,(H,21,25)/t16-/m1/s1. The van der Waals surface area contributed by atoms with Crippen LogP contribution in [0.4, 0.5) is 15.8 Å². The van der Waals surface area contributed by atoms with Crippen molar-refractivity contribution in [1.82, 2.24) is 4.90 Å². The summed E-state index contributed by atoms with van der Waals surface area (Å²) in [4.78, 5) is 31.0. The van der Waals surface area contributed by atoms with Crippen LogP contribution in [0.5, 0.6) is 0 Å². The fourth-order valence-electron chi connectivity index (χ4n) is 2.52. The van der Waals surface area contributed by atoms with Gasteiger partial charge in [-0.3, -0.25) is 14.5 Å². The van der Waals surface area contributed by atoms with Crippen molar-refractivity contribution in [3.63, 3.8) is 0 Å². The zero-order valence-corrected chi connectivity index (χ0v) is 15.0. The van der Waals surface area contributed by atoms with Crippen LogP contribution in [0.25, 0.3) is 0 Å². The Bertz CT molecular complexity index is 824. The van der Waals surface area contributed by atoms with Gasteiger partial charge in [-0.1, -0.05) is 30.0 Å². The Morgan fingerprint density at radius 1 is 1.23 bits per heavy atom. The summed E-state index contributed by atoms with van der Waals surface area (Å²) in [5.41, 5.74) is 1.21. The van der Waals surface area contributed by atoms with E-state index in [-0.39, 0.29) is 24.1 Å². The Morgan fingerprint density at radius 2 is 1.92 bits per heavy atom. The van der Waals surface area contributed by atoms with Gasteiger partial charge in [0.2, 0.25) is 11.8 Å². The van der Waals surface area contributed by atoms with E-state index in [0.717, 1.165) is 0 Å². The molecule has 0 unspecified atom stereocenters. The highest BCUT2D eigenvalue weighted by atomic mass is 32.2. The van der Waals surface area contributed by atoms with Gasteiger partial charge in [0.05, 0.1) is 5.69 Å². The molecule has 2 aromatic carbocycles. The van der Waals surface area contributed by atoms with Crippen molar-refractivity contribution in [2.45, 2.75) is 18.6 Å². The predicted octanol–water partition coefficient (Wildman–Crippen LogP) is 3.81. The highest BCUT2D eigenvalue weighted by Gasteiger charge is 2.35. The highest BCUT2D eigenvalue weighted by molar-refractivity contribution is 8.15. The molecule has 0 bridgehead atoms. The number of nitrogens with zero attached hydrogens (tertiary/aromatic N) is 2. The van der Waals surface area contributed by atoms with E-state index in [1.807, 2.05) is 25.1 Å². The average molecular weight is 371 g/mol. The van der Waals surface area contributed by atoms with E-state index in [2.05, 4.69) is 10.3 Å². The molecule has 7 heteroatoms. The lowest BCUT2D eigenvalue weighted by atomic mass is 10.2. The van der Waals surface area contributed by atoms with E-state index in [1.54, 1.807) is 17.0 Å². The van der Waals surface area contributed by atoms with Crippen LogP contribution in [-0.4, -0.2) is 33.7 Å². The van der Waals surface area contributed by atoms with Crippen molar-refractivity contribution in [3.8, 4) is 0 Å².